The summed E-state index contributed by atoms with van der Waals surface area (Å²) in [5.41, 5.74) is 0. The number of aliphatic hydroxyl groups is 2. The molecule has 0 amide bonds. The molecule has 0 aromatic carbocycles. The van der Waals surface area contributed by atoms with Crippen molar-refractivity contribution in [2.75, 3.05) is 32.8 Å². The second-order valence-corrected chi connectivity index (χ2v) is 3.22. The molecule has 0 unspecified atom stereocenters. The van der Waals surface area contributed by atoms with Crippen LogP contribution in [0, 0.1) is 0 Å². The van der Waals surface area contributed by atoms with Gasteiger partial charge in [0.15, 0.2) is 0 Å². The molecular formula is C6H18NNaO6S. The Bertz CT molecular complexity index is 196. The molecule has 0 spiro atoms. The molecule has 0 aliphatic rings. The van der Waals surface area contributed by atoms with Gasteiger partial charge in [-0.05, 0) is 6.54 Å². The Labute approximate surface area is 112 Å². The molecule has 0 saturated carbocycles. The van der Waals surface area contributed by atoms with Crippen LogP contribution in [0.5, 0.6) is 0 Å². The minimum absolute atomic E-state index is 0. The maximum atomic E-state index is 8.74. The first-order valence-electron chi connectivity index (χ1n) is 3.99. The standard InChI is InChI=1S/C6H15NO2.Na.H2O4S.H/c1-2-7(3-5-8)4-6-9;;1-5(2,3)4;/h8-9H,2-6H2,1H3;;(H2,1,2,3,4);. The van der Waals surface area contributed by atoms with E-state index in [1.165, 1.54) is 0 Å². The van der Waals surface area contributed by atoms with Gasteiger partial charge in [0.2, 0.25) is 0 Å². The zero-order valence-electron chi connectivity index (χ0n) is 8.00. The van der Waals surface area contributed by atoms with Crippen LogP contribution in [0.1, 0.15) is 6.92 Å². The minimum atomic E-state index is -4.67. The number of hydrogen-bond acceptors (Lipinski definition) is 5. The van der Waals surface area contributed by atoms with Crippen molar-refractivity contribution in [2.45, 2.75) is 6.92 Å². The van der Waals surface area contributed by atoms with Crippen LogP contribution in [0.4, 0.5) is 0 Å². The number of nitrogens with zero attached hydrogens (tertiary/aromatic N) is 1. The van der Waals surface area contributed by atoms with Gasteiger partial charge in [0.1, 0.15) is 0 Å². The van der Waals surface area contributed by atoms with Gasteiger partial charge < -0.3 is 10.2 Å². The van der Waals surface area contributed by atoms with Crippen molar-refractivity contribution in [1.82, 2.24) is 4.90 Å². The summed E-state index contributed by atoms with van der Waals surface area (Å²) in [6, 6.07) is 0. The van der Waals surface area contributed by atoms with Crippen molar-refractivity contribution < 1.29 is 27.7 Å². The van der Waals surface area contributed by atoms with Crippen molar-refractivity contribution in [3.63, 3.8) is 0 Å². The number of aliphatic hydroxyl groups excluding tert-OH is 2. The summed E-state index contributed by atoms with van der Waals surface area (Å²) in [4.78, 5) is 1.99. The number of hydrogen-bond donors (Lipinski definition) is 4. The van der Waals surface area contributed by atoms with Crippen molar-refractivity contribution >= 4 is 40.0 Å². The summed E-state index contributed by atoms with van der Waals surface area (Å²) in [5, 5.41) is 16.9. The van der Waals surface area contributed by atoms with Crippen LogP contribution >= 0.6 is 0 Å². The summed E-state index contributed by atoms with van der Waals surface area (Å²) in [7, 11) is -4.67. The van der Waals surface area contributed by atoms with Crippen LogP contribution in [0.25, 0.3) is 0 Å². The van der Waals surface area contributed by atoms with Crippen LogP contribution in [0.15, 0.2) is 0 Å². The Balaban J connectivity index is -0.000000208. The molecule has 0 aromatic rings. The van der Waals surface area contributed by atoms with Gasteiger partial charge in [0.25, 0.3) is 0 Å². The molecule has 4 N–H and O–H groups in total. The molecule has 0 bridgehead atoms. The Morgan fingerprint density at radius 2 is 1.33 bits per heavy atom. The van der Waals surface area contributed by atoms with Crippen molar-refractivity contribution in [3.05, 3.63) is 0 Å². The number of likely N-dealkylation sites (N-methyl/N-ethyl adjacent to an activating group) is 1. The summed E-state index contributed by atoms with van der Waals surface area (Å²) < 4.78 is 31.6. The van der Waals surface area contributed by atoms with Gasteiger partial charge >= 0.3 is 40.0 Å². The predicted octanol–water partition coefficient (Wildman–Crippen LogP) is -2.01. The molecule has 90 valence electrons. The zero-order chi connectivity index (χ0) is 11.6. The molecule has 0 fully saturated rings. The zero-order valence-corrected chi connectivity index (χ0v) is 8.81. The molecule has 7 nitrogen and oxygen atoms in total. The van der Waals surface area contributed by atoms with E-state index < -0.39 is 10.4 Å². The average molecular weight is 255 g/mol. The van der Waals surface area contributed by atoms with Gasteiger partial charge in [0, 0.05) is 13.1 Å². The van der Waals surface area contributed by atoms with Crippen LogP contribution < -0.4 is 0 Å². The molecule has 0 rings (SSSR count). The van der Waals surface area contributed by atoms with Crippen molar-refractivity contribution in [1.29, 1.82) is 0 Å². The molecule has 9 heteroatoms. The van der Waals surface area contributed by atoms with Gasteiger partial charge in [-0.1, -0.05) is 6.92 Å². The molecule has 0 radical (unpaired) electrons. The fraction of sp³-hybridized carbons (Fsp3) is 1.00. The monoisotopic (exact) mass is 255 g/mol. The van der Waals surface area contributed by atoms with Crippen LogP contribution in [-0.2, 0) is 10.4 Å². The maximum absolute atomic E-state index is 8.74. The third kappa shape index (κ3) is 31.3. The van der Waals surface area contributed by atoms with Crippen LogP contribution in [-0.4, -0.2) is 95.0 Å². The van der Waals surface area contributed by atoms with E-state index in [9.17, 15) is 0 Å². The summed E-state index contributed by atoms with van der Waals surface area (Å²) in [6.45, 7) is 4.57. The molecule has 0 aromatic heterocycles. The quantitative estimate of drug-likeness (QED) is 0.331. The first kappa shape index (κ1) is 21.1. The van der Waals surface area contributed by atoms with Gasteiger partial charge in [-0.25, -0.2) is 0 Å². The van der Waals surface area contributed by atoms with E-state index in [1.807, 2.05) is 11.8 Å². The second kappa shape index (κ2) is 12.8. The molecule has 0 aliphatic heterocycles. The van der Waals surface area contributed by atoms with E-state index in [1.54, 1.807) is 0 Å². The van der Waals surface area contributed by atoms with Gasteiger partial charge in [-0.3, -0.25) is 14.0 Å². The van der Waals surface area contributed by atoms with Crippen molar-refractivity contribution in [2.24, 2.45) is 0 Å². The third-order valence-electron chi connectivity index (χ3n) is 1.28. The van der Waals surface area contributed by atoms with Gasteiger partial charge in [-0.2, -0.15) is 8.42 Å². The van der Waals surface area contributed by atoms with Crippen LogP contribution in [0.2, 0.25) is 0 Å². The summed E-state index contributed by atoms with van der Waals surface area (Å²) >= 11 is 0. The van der Waals surface area contributed by atoms with Crippen LogP contribution in [0.3, 0.4) is 0 Å². The fourth-order valence-electron chi connectivity index (χ4n) is 0.711. The molecular weight excluding hydrogens is 237 g/mol. The first-order chi connectivity index (χ1) is 6.35. The van der Waals surface area contributed by atoms with E-state index in [4.69, 9.17) is 27.7 Å². The second-order valence-electron chi connectivity index (χ2n) is 2.33. The van der Waals surface area contributed by atoms with E-state index in [0.29, 0.717) is 13.1 Å². The number of rotatable bonds is 5. The Morgan fingerprint density at radius 1 is 1.07 bits per heavy atom. The third-order valence-corrected chi connectivity index (χ3v) is 1.28. The first-order valence-corrected chi connectivity index (χ1v) is 5.38. The fourth-order valence-corrected chi connectivity index (χ4v) is 0.711. The van der Waals surface area contributed by atoms with Crippen molar-refractivity contribution in [3.8, 4) is 0 Å². The SMILES string of the molecule is CCN(CCO)CCO.O=S(=O)(O)O.[NaH]. The van der Waals surface area contributed by atoms with Gasteiger partial charge in [0.05, 0.1) is 13.2 Å². The van der Waals surface area contributed by atoms with Gasteiger partial charge in [-0.15, -0.1) is 0 Å². The molecule has 0 atom stereocenters. The van der Waals surface area contributed by atoms with E-state index in [-0.39, 0.29) is 42.8 Å². The normalized spacial score (nSPS) is 10.3. The van der Waals surface area contributed by atoms with E-state index in [2.05, 4.69) is 0 Å². The summed E-state index contributed by atoms with van der Waals surface area (Å²) in [6.07, 6.45) is 0. The molecule has 0 saturated heterocycles. The van der Waals surface area contributed by atoms with E-state index >= 15 is 0 Å². The Kier molecular flexibility index (Phi) is 18.0. The topological polar surface area (TPSA) is 118 Å². The Morgan fingerprint density at radius 3 is 1.47 bits per heavy atom. The average Bonchev–Trinajstić information content (AvgIpc) is 2.01. The molecule has 15 heavy (non-hydrogen) atoms. The molecule has 0 heterocycles. The van der Waals surface area contributed by atoms with E-state index in [0.717, 1.165) is 6.54 Å². The predicted molar refractivity (Wildman–Crippen MR) is 57.6 cm³/mol. The summed E-state index contributed by atoms with van der Waals surface area (Å²) in [5.74, 6) is 0. The Hall–Kier alpha value is 0.750. The molecule has 0 aliphatic carbocycles.